The lowest BCUT2D eigenvalue weighted by atomic mass is 9.90. The van der Waals surface area contributed by atoms with Crippen molar-refractivity contribution in [2.75, 3.05) is 38.4 Å². The first-order valence-corrected chi connectivity index (χ1v) is 11.3. The van der Waals surface area contributed by atoms with E-state index in [9.17, 15) is 18.0 Å². The van der Waals surface area contributed by atoms with Crippen LogP contribution in [0.2, 0.25) is 0 Å². The number of anilines is 1. The van der Waals surface area contributed by atoms with Gasteiger partial charge < -0.3 is 23.9 Å². The number of carbonyl (C=O) groups excluding carboxylic acids is 1. The second-order valence-corrected chi connectivity index (χ2v) is 8.97. The minimum atomic E-state index is -4.64. The number of ether oxygens (including phenoxy) is 3. The molecule has 3 aromatic rings. The van der Waals surface area contributed by atoms with Crippen molar-refractivity contribution in [3.63, 3.8) is 0 Å². The second kappa shape index (κ2) is 10.2. The first-order valence-electron chi connectivity index (χ1n) is 11.3. The van der Waals surface area contributed by atoms with Crippen LogP contribution < -0.4 is 10.1 Å². The lowest BCUT2D eigenvalue weighted by molar-refractivity contribution is -0.141. The van der Waals surface area contributed by atoms with Crippen molar-refractivity contribution < 1.29 is 32.2 Å². The largest absolute Gasteiger partial charge is 0.490 e. The Balaban J connectivity index is 0.000000514. The van der Waals surface area contributed by atoms with Crippen molar-refractivity contribution in [3.05, 3.63) is 53.7 Å². The fraction of sp³-hybridized carbons (Fsp3) is 0.458. The molecule has 0 radical (unpaired) electrons. The molecule has 0 aliphatic carbocycles. The summed E-state index contributed by atoms with van der Waals surface area (Å²) in [5.41, 5.74) is 0.0627. The number of aryl methyl sites for hydroxylation is 1. The summed E-state index contributed by atoms with van der Waals surface area (Å²) in [5, 5.41) is 2.61. The summed E-state index contributed by atoms with van der Waals surface area (Å²) in [6.45, 7) is 7.32. The van der Waals surface area contributed by atoms with Crippen molar-refractivity contribution >= 4 is 17.2 Å². The number of halogens is 3. The van der Waals surface area contributed by atoms with Crippen LogP contribution in [0.5, 0.6) is 5.75 Å². The van der Waals surface area contributed by atoms with Crippen LogP contribution in [0.25, 0.3) is 5.65 Å². The van der Waals surface area contributed by atoms with Gasteiger partial charge in [0, 0.05) is 37.1 Å². The van der Waals surface area contributed by atoms with Crippen LogP contribution in [0.1, 0.15) is 41.6 Å². The lowest BCUT2D eigenvalue weighted by Crippen LogP contribution is -2.44. The topological polar surface area (TPSA) is 87.0 Å². The zero-order valence-corrected chi connectivity index (χ0v) is 19.5. The van der Waals surface area contributed by atoms with Gasteiger partial charge in [-0.3, -0.25) is 4.79 Å². The number of rotatable bonds is 5. The van der Waals surface area contributed by atoms with Crippen molar-refractivity contribution in [2.45, 2.75) is 32.9 Å². The number of nitrogens with one attached hydrogen (secondary N) is 1. The standard InChI is InChI=1S/C20H19F3N4O3.C4H8O/c1-12-7-27-8-14(15(6-17(27)24-12)30-11-19(2)9-29-10-19)26-18(28)13-4-3-5-16(25-13)20(21,22)23;1-2-4-5-3-1/h3-8H,9-11H2,1-2H3,(H,26,28);1-4H2. The molecular formula is C24H27F3N4O4. The average Bonchev–Trinajstić information content (AvgIpc) is 3.48. The summed E-state index contributed by atoms with van der Waals surface area (Å²) in [6.07, 6.45) is 1.28. The fourth-order valence-electron chi connectivity index (χ4n) is 3.56. The Morgan fingerprint density at radius 2 is 1.91 bits per heavy atom. The van der Waals surface area contributed by atoms with E-state index in [1.54, 1.807) is 22.9 Å². The molecular weight excluding hydrogens is 465 g/mol. The smallest absolute Gasteiger partial charge is 0.433 e. The molecule has 0 saturated carbocycles. The number of amides is 1. The summed E-state index contributed by atoms with van der Waals surface area (Å²) in [4.78, 5) is 20.4. The highest BCUT2D eigenvalue weighted by atomic mass is 19.4. The third-order valence-electron chi connectivity index (χ3n) is 5.50. The maximum Gasteiger partial charge on any atom is 0.433 e. The van der Waals surface area contributed by atoms with Crippen LogP contribution >= 0.6 is 0 Å². The number of hydrogen-bond donors (Lipinski definition) is 1. The highest BCUT2D eigenvalue weighted by Crippen LogP contribution is 2.32. The molecule has 2 fully saturated rings. The Hall–Kier alpha value is -3.18. The molecule has 2 aliphatic heterocycles. The highest BCUT2D eigenvalue weighted by Gasteiger charge is 2.35. The number of hydrogen-bond acceptors (Lipinski definition) is 6. The Labute approximate surface area is 200 Å². The van der Waals surface area contributed by atoms with E-state index in [4.69, 9.17) is 14.2 Å². The quantitative estimate of drug-likeness (QED) is 0.564. The van der Waals surface area contributed by atoms with E-state index in [1.165, 1.54) is 18.9 Å². The Morgan fingerprint density at radius 1 is 1.17 bits per heavy atom. The van der Waals surface area contributed by atoms with Gasteiger partial charge in [0.1, 0.15) is 28.5 Å². The second-order valence-electron chi connectivity index (χ2n) is 8.97. The molecule has 188 valence electrons. The molecule has 1 N–H and O–H groups in total. The summed E-state index contributed by atoms with van der Waals surface area (Å²) in [7, 11) is 0. The van der Waals surface area contributed by atoms with Gasteiger partial charge in [-0.15, -0.1) is 0 Å². The SMILES string of the molecule is C1CCOC1.Cc1cn2cc(NC(=O)c3cccc(C(F)(F)F)n3)c(OCC3(C)COC3)cc2n1. The van der Waals surface area contributed by atoms with E-state index in [-0.39, 0.29) is 11.1 Å². The maximum atomic E-state index is 12.9. The van der Waals surface area contributed by atoms with E-state index in [1.807, 2.05) is 13.8 Å². The molecule has 8 nitrogen and oxygen atoms in total. The number of pyridine rings is 2. The maximum absolute atomic E-state index is 12.9. The summed E-state index contributed by atoms with van der Waals surface area (Å²) in [6, 6.07) is 4.85. The predicted octanol–water partition coefficient (Wildman–Crippen LogP) is 4.52. The molecule has 2 aliphatic rings. The molecule has 0 aromatic carbocycles. The van der Waals surface area contributed by atoms with Gasteiger partial charge in [0.05, 0.1) is 25.5 Å². The lowest BCUT2D eigenvalue weighted by Gasteiger charge is -2.37. The summed E-state index contributed by atoms with van der Waals surface area (Å²) >= 11 is 0. The number of alkyl halides is 3. The molecule has 1 amide bonds. The highest BCUT2D eigenvalue weighted by molar-refractivity contribution is 6.03. The van der Waals surface area contributed by atoms with Gasteiger partial charge in [0.25, 0.3) is 5.91 Å². The van der Waals surface area contributed by atoms with Gasteiger partial charge in [0.2, 0.25) is 0 Å². The third kappa shape index (κ3) is 6.29. The van der Waals surface area contributed by atoms with Gasteiger partial charge in [-0.1, -0.05) is 13.0 Å². The number of nitrogens with zero attached hydrogens (tertiary/aromatic N) is 3. The zero-order valence-electron chi connectivity index (χ0n) is 19.5. The van der Waals surface area contributed by atoms with Gasteiger partial charge in [-0.2, -0.15) is 13.2 Å². The van der Waals surface area contributed by atoms with E-state index < -0.39 is 17.8 Å². The fourth-order valence-corrected chi connectivity index (χ4v) is 3.56. The normalized spacial score (nSPS) is 16.8. The van der Waals surface area contributed by atoms with Crippen molar-refractivity contribution in [3.8, 4) is 5.75 Å². The molecule has 35 heavy (non-hydrogen) atoms. The summed E-state index contributed by atoms with van der Waals surface area (Å²) in [5.74, 6) is -0.415. The van der Waals surface area contributed by atoms with Crippen LogP contribution in [0, 0.1) is 12.3 Å². The molecule has 0 spiro atoms. The van der Waals surface area contributed by atoms with Crippen LogP contribution in [0.4, 0.5) is 18.9 Å². The number of carbonyl (C=O) groups is 1. The molecule has 2 saturated heterocycles. The van der Waals surface area contributed by atoms with Crippen molar-refractivity contribution in [1.82, 2.24) is 14.4 Å². The van der Waals surface area contributed by atoms with Gasteiger partial charge in [-0.05, 0) is 31.9 Å². The number of fused-ring (bicyclic) bond motifs is 1. The van der Waals surface area contributed by atoms with E-state index in [0.29, 0.717) is 36.9 Å². The van der Waals surface area contributed by atoms with Crippen molar-refractivity contribution in [1.29, 1.82) is 0 Å². The van der Waals surface area contributed by atoms with E-state index in [0.717, 1.165) is 31.0 Å². The van der Waals surface area contributed by atoms with Gasteiger partial charge in [0.15, 0.2) is 0 Å². The number of aromatic nitrogens is 3. The Kier molecular flexibility index (Phi) is 7.27. The zero-order chi connectivity index (χ0) is 25.1. The molecule has 0 atom stereocenters. The molecule has 11 heteroatoms. The summed E-state index contributed by atoms with van der Waals surface area (Å²) < 4.78 is 56.5. The van der Waals surface area contributed by atoms with E-state index in [2.05, 4.69) is 15.3 Å². The Morgan fingerprint density at radius 3 is 2.51 bits per heavy atom. The van der Waals surface area contributed by atoms with Crippen molar-refractivity contribution in [2.24, 2.45) is 5.41 Å². The van der Waals surface area contributed by atoms with Gasteiger partial charge >= 0.3 is 6.18 Å². The monoisotopic (exact) mass is 492 g/mol. The minimum absolute atomic E-state index is 0.138. The molecule has 3 aromatic heterocycles. The first-order chi connectivity index (χ1) is 16.6. The van der Waals surface area contributed by atoms with Gasteiger partial charge in [-0.25, -0.2) is 9.97 Å². The van der Waals surface area contributed by atoms with Crippen LogP contribution in [-0.4, -0.2) is 53.3 Å². The average molecular weight is 492 g/mol. The van der Waals surface area contributed by atoms with Crippen LogP contribution in [-0.2, 0) is 15.7 Å². The molecule has 0 unspecified atom stereocenters. The van der Waals surface area contributed by atoms with Crippen LogP contribution in [0.3, 0.4) is 0 Å². The molecule has 5 heterocycles. The minimum Gasteiger partial charge on any atom is -0.490 e. The first kappa shape index (κ1) is 24.9. The molecule has 5 rings (SSSR count). The third-order valence-corrected chi connectivity index (χ3v) is 5.50. The number of imidazole rings is 1. The molecule has 0 bridgehead atoms. The van der Waals surface area contributed by atoms with E-state index >= 15 is 0 Å². The van der Waals surface area contributed by atoms with Crippen LogP contribution in [0.15, 0.2) is 36.7 Å². The predicted molar refractivity (Wildman–Crippen MR) is 122 cm³/mol. The Bertz CT molecular complexity index is 1180.